The molecule has 92 valence electrons. The molecular weight excluding hydrogens is 228 g/mol. The summed E-state index contributed by atoms with van der Waals surface area (Å²) in [5.41, 5.74) is 2.62. The summed E-state index contributed by atoms with van der Waals surface area (Å²) in [7, 11) is 0. The molecular formula is C16H21Cl. The van der Waals surface area contributed by atoms with Crippen molar-refractivity contribution in [3.05, 3.63) is 35.4 Å². The van der Waals surface area contributed by atoms with Gasteiger partial charge in [-0.25, -0.2) is 0 Å². The first-order valence-electron chi connectivity index (χ1n) is 6.93. The number of hydrogen-bond acceptors (Lipinski definition) is 0. The average molecular weight is 249 g/mol. The van der Waals surface area contributed by atoms with E-state index >= 15 is 0 Å². The van der Waals surface area contributed by atoms with E-state index in [2.05, 4.69) is 31.2 Å². The molecule has 0 heterocycles. The van der Waals surface area contributed by atoms with E-state index < -0.39 is 0 Å². The van der Waals surface area contributed by atoms with Crippen molar-refractivity contribution < 1.29 is 0 Å². The number of rotatable bonds is 3. The van der Waals surface area contributed by atoms with Gasteiger partial charge >= 0.3 is 0 Å². The molecule has 0 saturated heterocycles. The third-order valence-electron chi connectivity index (χ3n) is 4.83. The standard InChI is InChI=1S/C16H21Cl/c1-11-2-5-13(6-3-11)16(17)10-15-9-12-4-7-14(15)8-12/h2-3,5-6,12,14-16H,4,7-10H2,1H3. The van der Waals surface area contributed by atoms with E-state index in [-0.39, 0.29) is 5.38 Å². The van der Waals surface area contributed by atoms with Gasteiger partial charge in [0.05, 0.1) is 5.38 Å². The topological polar surface area (TPSA) is 0 Å². The summed E-state index contributed by atoms with van der Waals surface area (Å²) >= 11 is 6.58. The molecule has 2 aliphatic carbocycles. The molecule has 0 amide bonds. The summed E-state index contributed by atoms with van der Waals surface area (Å²) in [6, 6.07) is 8.73. The van der Waals surface area contributed by atoms with Gasteiger partial charge in [0.2, 0.25) is 0 Å². The molecule has 0 aliphatic heterocycles. The molecule has 3 rings (SSSR count). The van der Waals surface area contributed by atoms with Crippen LogP contribution < -0.4 is 0 Å². The van der Waals surface area contributed by atoms with E-state index in [1.54, 1.807) is 0 Å². The summed E-state index contributed by atoms with van der Waals surface area (Å²) < 4.78 is 0. The second-order valence-electron chi connectivity index (χ2n) is 6.05. The van der Waals surface area contributed by atoms with Crippen molar-refractivity contribution in [2.45, 2.75) is 44.4 Å². The Kier molecular flexibility index (Phi) is 3.17. The van der Waals surface area contributed by atoms with Crippen LogP contribution in [0.25, 0.3) is 0 Å². The van der Waals surface area contributed by atoms with Crippen molar-refractivity contribution in [1.29, 1.82) is 0 Å². The highest BCUT2D eigenvalue weighted by Gasteiger charge is 2.39. The molecule has 4 unspecified atom stereocenters. The molecule has 2 bridgehead atoms. The molecule has 0 radical (unpaired) electrons. The summed E-state index contributed by atoms with van der Waals surface area (Å²) in [6.45, 7) is 2.13. The van der Waals surface area contributed by atoms with Crippen LogP contribution in [0.2, 0.25) is 0 Å². The van der Waals surface area contributed by atoms with Gasteiger partial charge in [0.15, 0.2) is 0 Å². The number of fused-ring (bicyclic) bond motifs is 2. The van der Waals surface area contributed by atoms with Crippen molar-refractivity contribution in [1.82, 2.24) is 0 Å². The molecule has 0 nitrogen and oxygen atoms in total. The van der Waals surface area contributed by atoms with Crippen molar-refractivity contribution in [2.24, 2.45) is 17.8 Å². The normalized spacial score (nSPS) is 32.9. The van der Waals surface area contributed by atoms with E-state index in [1.165, 1.54) is 43.2 Å². The van der Waals surface area contributed by atoms with Crippen LogP contribution in [0, 0.1) is 24.7 Å². The number of benzene rings is 1. The Hall–Kier alpha value is -0.490. The van der Waals surface area contributed by atoms with Gasteiger partial charge in [-0.1, -0.05) is 36.2 Å². The molecule has 4 atom stereocenters. The van der Waals surface area contributed by atoms with Gasteiger partial charge in [0.1, 0.15) is 0 Å². The van der Waals surface area contributed by atoms with E-state index in [1.807, 2.05) is 0 Å². The first-order chi connectivity index (χ1) is 8.22. The maximum atomic E-state index is 6.58. The van der Waals surface area contributed by atoms with Gasteiger partial charge in [0, 0.05) is 0 Å². The lowest BCUT2D eigenvalue weighted by atomic mass is 9.84. The fourth-order valence-corrected chi connectivity index (χ4v) is 4.22. The molecule has 0 aromatic heterocycles. The van der Waals surface area contributed by atoms with Crippen LogP contribution in [0.4, 0.5) is 0 Å². The zero-order valence-electron chi connectivity index (χ0n) is 10.5. The van der Waals surface area contributed by atoms with Crippen LogP contribution in [-0.4, -0.2) is 0 Å². The van der Waals surface area contributed by atoms with E-state index in [4.69, 9.17) is 11.6 Å². The van der Waals surface area contributed by atoms with Crippen molar-refractivity contribution >= 4 is 11.6 Å². The maximum absolute atomic E-state index is 6.58. The van der Waals surface area contributed by atoms with Crippen LogP contribution in [-0.2, 0) is 0 Å². The first-order valence-corrected chi connectivity index (χ1v) is 7.36. The molecule has 2 saturated carbocycles. The van der Waals surface area contributed by atoms with Gasteiger partial charge < -0.3 is 0 Å². The van der Waals surface area contributed by atoms with Crippen molar-refractivity contribution in [2.75, 3.05) is 0 Å². The Balaban J connectivity index is 1.63. The quantitative estimate of drug-likeness (QED) is 0.653. The Labute approximate surface area is 109 Å². The lowest BCUT2D eigenvalue weighted by molar-refractivity contribution is 0.312. The Morgan fingerprint density at radius 2 is 1.94 bits per heavy atom. The van der Waals surface area contributed by atoms with Gasteiger partial charge in [-0.15, -0.1) is 11.6 Å². The minimum Gasteiger partial charge on any atom is -0.118 e. The minimum absolute atomic E-state index is 0.222. The lowest BCUT2D eigenvalue weighted by Crippen LogP contribution is -2.12. The second-order valence-corrected chi connectivity index (χ2v) is 6.58. The van der Waals surface area contributed by atoms with Crippen LogP contribution in [0.1, 0.15) is 48.6 Å². The zero-order chi connectivity index (χ0) is 11.8. The van der Waals surface area contributed by atoms with Crippen LogP contribution in [0.15, 0.2) is 24.3 Å². The fourth-order valence-electron chi connectivity index (χ4n) is 3.84. The largest absolute Gasteiger partial charge is 0.118 e. The highest BCUT2D eigenvalue weighted by Crippen LogP contribution is 2.51. The maximum Gasteiger partial charge on any atom is 0.0588 e. The Bertz CT molecular complexity index is 381. The third-order valence-corrected chi connectivity index (χ3v) is 5.26. The molecule has 0 spiro atoms. The van der Waals surface area contributed by atoms with Gasteiger partial charge in [-0.05, 0) is 55.9 Å². The summed E-state index contributed by atoms with van der Waals surface area (Å²) in [5.74, 6) is 2.93. The SMILES string of the molecule is Cc1ccc(C(Cl)CC2CC3CCC2C3)cc1. The summed E-state index contributed by atoms with van der Waals surface area (Å²) in [4.78, 5) is 0. The van der Waals surface area contributed by atoms with Gasteiger partial charge in [-0.3, -0.25) is 0 Å². The predicted molar refractivity (Wildman–Crippen MR) is 73.3 cm³/mol. The zero-order valence-corrected chi connectivity index (χ0v) is 11.3. The van der Waals surface area contributed by atoms with Crippen molar-refractivity contribution in [3.8, 4) is 0 Å². The molecule has 1 heteroatoms. The third kappa shape index (κ3) is 2.38. The van der Waals surface area contributed by atoms with Crippen LogP contribution in [0.5, 0.6) is 0 Å². The summed E-state index contributed by atoms with van der Waals surface area (Å²) in [6.07, 6.45) is 7.07. The first kappa shape index (κ1) is 11.6. The van der Waals surface area contributed by atoms with Crippen LogP contribution >= 0.6 is 11.6 Å². The molecule has 1 aromatic carbocycles. The molecule has 2 fully saturated rings. The lowest BCUT2D eigenvalue weighted by Gasteiger charge is -2.24. The number of hydrogen-bond donors (Lipinski definition) is 0. The van der Waals surface area contributed by atoms with E-state index in [0.717, 1.165) is 17.8 Å². The summed E-state index contributed by atoms with van der Waals surface area (Å²) in [5, 5.41) is 0.222. The van der Waals surface area contributed by atoms with Crippen molar-refractivity contribution in [3.63, 3.8) is 0 Å². The minimum atomic E-state index is 0.222. The predicted octanol–water partition coefficient (Wildman–Crippen LogP) is 5.10. The van der Waals surface area contributed by atoms with E-state index in [9.17, 15) is 0 Å². The number of alkyl halides is 1. The Morgan fingerprint density at radius 1 is 1.18 bits per heavy atom. The highest BCUT2D eigenvalue weighted by atomic mass is 35.5. The molecule has 17 heavy (non-hydrogen) atoms. The number of aryl methyl sites for hydroxylation is 1. The smallest absolute Gasteiger partial charge is 0.0588 e. The molecule has 2 aliphatic rings. The van der Waals surface area contributed by atoms with Crippen LogP contribution in [0.3, 0.4) is 0 Å². The Morgan fingerprint density at radius 3 is 2.53 bits per heavy atom. The average Bonchev–Trinajstić information content (AvgIpc) is 2.91. The van der Waals surface area contributed by atoms with Gasteiger partial charge in [0.25, 0.3) is 0 Å². The second kappa shape index (κ2) is 4.65. The monoisotopic (exact) mass is 248 g/mol. The number of halogens is 1. The highest BCUT2D eigenvalue weighted by molar-refractivity contribution is 6.20. The molecule has 0 N–H and O–H groups in total. The fraction of sp³-hybridized carbons (Fsp3) is 0.625. The van der Waals surface area contributed by atoms with E-state index in [0.29, 0.717) is 0 Å². The van der Waals surface area contributed by atoms with Gasteiger partial charge in [-0.2, -0.15) is 0 Å². The molecule has 1 aromatic rings.